The topological polar surface area (TPSA) is 93.5 Å². The Morgan fingerprint density at radius 2 is 1.83 bits per heavy atom. The Morgan fingerprint density at radius 3 is 2.56 bits per heavy atom. The zero-order chi connectivity index (χ0) is 25.3. The summed E-state index contributed by atoms with van der Waals surface area (Å²) in [6.45, 7) is 4.14. The van der Waals surface area contributed by atoms with Crippen LogP contribution in [-0.4, -0.2) is 44.8 Å². The minimum atomic E-state index is -3.74. The molecule has 1 aromatic heterocycles. The van der Waals surface area contributed by atoms with E-state index in [-0.39, 0.29) is 10.5 Å². The first-order valence-corrected chi connectivity index (χ1v) is 14.4. The molecule has 5 rings (SSSR count). The first-order chi connectivity index (χ1) is 17.4. The molecule has 1 atom stereocenters. The van der Waals surface area contributed by atoms with Gasteiger partial charge in [-0.25, -0.2) is 8.42 Å². The molecule has 0 radical (unpaired) electrons. The summed E-state index contributed by atoms with van der Waals surface area (Å²) in [6.07, 6.45) is 2.79. The van der Waals surface area contributed by atoms with Gasteiger partial charge in [-0.1, -0.05) is 31.2 Å². The smallest absolute Gasteiger partial charge is 0.256 e. The number of nitrogens with zero attached hydrogens (tertiary/aromatic N) is 3. The van der Waals surface area contributed by atoms with E-state index >= 15 is 0 Å². The second-order valence-electron chi connectivity index (χ2n) is 9.38. The largest absolute Gasteiger partial charge is 0.369 e. The van der Waals surface area contributed by atoms with E-state index < -0.39 is 15.9 Å². The summed E-state index contributed by atoms with van der Waals surface area (Å²) < 4.78 is 28.2. The summed E-state index contributed by atoms with van der Waals surface area (Å²) in [6, 6.07) is 18.4. The Bertz CT molecular complexity index is 1420. The van der Waals surface area contributed by atoms with Crippen molar-refractivity contribution in [3.63, 3.8) is 0 Å². The predicted octanol–water partition coefficient (Wildman–Crippen LogP) is 4.51. The van der Waals surface area contributed by atoms with Gasteiger partial charge in [-0.2, -0.15) is 9.57 Å². The maximum Gasteiger partial charge on any atom is 0.256 e. The number of para-hydroxylation sites is 1. The number of nitriles is 1. The van der Waals surface area contributed by atoms with E-state index in [2.05, 4.69) is 23.2 Å². The molecule has 1 aliphatic heterocycles. The molecule has 7 nitrogen and oxygen atoms in total. The number of anilines is 2. The first-order valence-electron chi connectivity index (χ1n) is 12.1. The van der Waals surface area contributed by atoms with Crippen molar-refractivity contribution in [2.45, 2.75) is 31.1 Å². The van der Waals surface area contributed by atoms with Gasteiger partial charge in [0.15, 0.2) is 0 Å². The first kappa shape index (κ1) is 24.5. The van der Waals surface area contributed by atoms with Gasteiger partial charge >= 0.3 is 0 Å². The Kier molecular flexibility index (Phi) is 6.84. The van der Waals surface area contributed by atoms with Gasteiger partial charge in [-0.05, 0) is 61.1 Å². The van der Waals surface area contributed by atoms with Crippen LogP contribution in [0.5, 0.6) is 0 Å². The van der Waals surface area contributed by atoms with Crippen LogP contribution in [0.15, 0.2) is 59.5 Å². The molecule has 2 aromatic carbocycles. The molecule has 1 fully saturated rings. The minimum absolute atomic E-state index is 0.100. The highest BCUT2D eigenvalue weighted by atomic mass is 32.2. The number of carbonyl (C=O) groups is 1. The normalized spacial score (nSPS) is 18.3. The van der Waals surface area contributed by atoms with Crippen LogP contribution in [0.25, 0.3) is 0 Å². The van der Waals surface area contributed by atoms with E-state index in [0.29, 0.717) is 42.7 Å². The van der Waals surface area contributed by atoms with Crippen molar-refractivity contribution in [2.75, 3.05) is 36.4 Å². The molecule has 36 heavy (non-hydrogen) atoms. The van der Waals surface area contributed by atoms with E-state index in [1.54, 1.807) is 12.1 Å². The van der Waals surface area contributed by atoms with Crippen molar-refractivity contribution in [1.82, 2.24) is 4.31 Å². The number of rotatable bonds is 5. The fourth-order valence-corrected chi connectivity index (χ4v) is 7.73. The van der Waals surface area contributed by atoms with E-state index in [0.717, 1.165) is 35.4 Å². The Morgan fingerprint density at radius 1 is 1.08 bits per heavy atom. The van der Waals surface area contributed by atoms with Crippen LogP contribution in [0, 0.1) is 17.2 Å². The molecule has 0 unspecified atom stereocenters. The average Bonchev–Trinajstić information content (AvgIpc) is 3.25. The number of nitrogens with one attached hydrogen (secondary N) is 1. The number of thiophene rings is 1. The highest BCUT2D eigenvalue weighted by molar-refractivity contribution is 7.89. The summed E-state index contributed by atoms with van der Waals surface area (Å²) in [4.78, 5) is 16.5. The quantitative estimate of drug-likeness (QED) is 0.534. The number of hydrogen-bond donors (Lipinski definition) is 1. The molecule has 3 aromatic rings. The number of benzene rings is 2. The third kappa shape index (κ3) is 4.76. The van der Waals surface area contributed by atoms with Gasteiger partial charge in [0.1, 0.15) is 11.1 Å². The van der Waals surface area contributed by atoms with Crippen molar-refractivity contribution in [3.8, 4) is 6.07 Å². The lowest BCUT2D eigenvalue weighted by molar-refractivity contribution is 0.102. The lowest BCUT2D eigenvalue weighted by atomic mass is 9.88. The van der Waals surface area contributed by atoms with Crippen LogP contribution in [0.1, 0.15) is 39.7 Å². The van der Waals surface area contributed by atoms with E-state index in [1.165, 1.54) is 27.8 Å². The van der Waals surface area contributed by atoms with Crippen molar-refractivity contribution >= 4 is 38.0 Å². The molecule has 0 bridgehead atoms. The summed E-state index contributed by atoms with van der Waals surface area (Å²) in [5.41, 5.74) is 2.91. The van der Waals surface area contributed by atoms with E-state index in [1.807, 2.05) is 30.3 Å². The lowest BCUT2D eigenvalue weighted by Crippen LogP contribution is -2.48. The van der Waals surface area contributed by atoms with Crippen LogP contribution in [0.4, 0.5) is 10.7 Å². The van der Waals surface area contributed by atoms with Gasteiger partial charge in [0.25, 0.3) is 5.91 Å². The number of amides is 1. The van der Waals surface area contributed by atoms with E-state index in [9.17, 15) is 18.5 Å². The van der Waals surface area contributed by atoms with Crippen molar-refractivity contribution in [3.05, 3.63) is 76.2 Å². The average molecular weight is 521 g/mol. The van der Waals surface area contributed by atoms with Crippen LogP contribution < -0.4 is 10.2 Å². The minimum Gasteiger partial charge on any atom is -0.369 e. The number of piperazine rings is 1. The number of hydrogen-bond acceptors (Lipinski definition) is 6. The highest BCUT2D eigenvalue weighted by Gasteiger charge is 2.30. The Labute approximate surface area is 216 Å². The van der Waals surface area contributed by atoms with Gasteiger partial charge in [0.2, 0.25) is 10.0 Å². The molecular weight excluding hydrogens is 492 g/mol. The van der Waals surface area contributed by atoms with Crippen LogP contribution in [0.3, 0.4) is 0 Å². The molecule has 2 heterocycles. The lowest BCUT2D eigenvalue weighted by Gasteiger charge is -2.35. The van der Waals surface area contributed by atoms with Crippen LogP contribution in [-0.2, 0) is 22.9 Å². The number of carbonyl (C=O) groups excluding carboxylic acids is 1. The molecule has 1 aliphatic carbocycles. The third-order valence-electron chi connectivity index (χ3n) is 6.94. The summed E-state index contributed by atoms with van der Waals surface area (Å²) >= 11 is 1.46. The van der Waals surface area contributed by atoms with Crippen LogP contribution >= 0.6 is 11.3 Å². The van der Waals surface area contributed by atoms with Crippen molar-refractivity contribution in [1.29, 1.82) is 5.26 Å². The monoisotopic (exact) mass is 520 g/mol. The molecule has 9 heteroatoms. The molecule has 186 valence electrons. The maximum absolute atomic E-state index is 13.4. The summed E-state index contributed by atoms with van der Waals surface area (Å²) in [7, 11) is -3.74. The molecule has 1 saturated heterocycles. The third-order valence-corrected chi connectivity index (χ3v) is 10.0. The highest BCUT2D eigenvalue weighted by Crippen LogP contribution is 2.39. The SMILES string of the molecule is C[C@@H]1CCc2c(sc(NC(=O)c3cccc(S(=O)(=O)N4CCN(c5ccccc5)CC4)c3)c2C#N)C1. The Balaban J connectivity index is 1.31. The molecule has 2 aliphatic rings. The standard InChI is InChI=1S/C27H28N4O3S2/c1-19-10-11-23-24(18-28)27(35-25(23)16-19)29-26(32)20-6-5-9-22(17-20)36(33,34)31-14-12-30(13-15-31)21-7-3-2-4-8-21/h2-9,17,19H,10-16H2,1H3,(H,29,32)/t19-/m1/s1. The fraction of sp³-hybridized carbons (Fsp3) is 0.333. The summed E-state index contributed by atoms with van der Waals surface area (Å²) in [5.74, 6) is 0.145. The molecule has 1 N–H and O–H groups in total. The second kappa shape index (κ2) is 10.1. The molecule has 0 saturated carbocycles. The van der Waals surface area contributed by atoms with Gasteiger partial charge < -0.3 is 10.2 Å². The van der Waals surface area contributed by atoms with E-state index in [4.69, 9.17) is 0 Å². The fourth-order valence-electron chi connectivity index (χ4n) is 4.90. The van der Waals surface area contributed by atoms with Gasteiger partial charge in [-0.15, -0.1) is 11.3 Å². The zero-order valence-corrected chi connectivity index (χ0v) is 21.7. The maximum atomic E-state index is 13.4. The molecular formula is C27H28N4O3S2. The van der Waals surface area contributed by atoms with Crippen molar-refractivity contribution in [2.24, 2.45) is 5.92 Å². The van der Waals surface area contributed by atoms with Gasteiger partial charge in [0, 0.05) is 42.3 Å². The second-order valence-corrected chi connectivity index (χ2v) is 12.4. The zero-order valence-electron chi connectivity index (χ0n) is 20.1. The predicted molar refractivity (Wildman–Crippen MR) is 142 cm³/mol. The number of fused-ring (bicyclic) bond motifs is 1. The Hall–Kier alpha value is -3.19. The summed E-state index contributed by atoms with van der Waals surface area (Å²) in [5, 5.41) is 13.1. The number of sulfonamides is 1. The molecule has 1 amide bonds. The van der Waals surface area contributed by atoms with Crippen LogP contribution in [0.2, 0.25) is 0 Å². The van der Waals surface area contributed by atoms with Gasteiger partial charge in [0.05, 0.1) is 10.5 Å². The van der Waals surface area contributed by atoms with Gasteiger partial charge in [-0.3, -0.25) is 4.79 Å². The molecule has 0 spiro atoms. The van der Waals surface area contributed by atoms with Crippen molar-refractivity contribution < 1.29 is 13.2 Å².